The van der Waals surface area contributed by atoms with Gasteiger partial charge in [-0.3, -0.25) is 14.4 Å². The fourth-order valence-electron chi connectivity index (χ4n) is 12.9. The van der Waals surface area contributed by atoms with Crippen molar-refractivity contribution in [1.82, 2.24) is 16.0 Å². The molecule has 3 rings (SSSR count). The Balaban J connectivity index is 1.78. The molecule has 31 nitrogen and oxygen atoms in total. The number of carbonyl (C=O) groups excluding carboxylic acids is 3. The van der Waals surface area contributed by atoms with Crippen molar-refractivity contribution in [3.8, 4) is 0 Å². The first-order chi connectivity index (χ1) is 47.2. The van der Waals surface area contributed by atoms with E-state index in [-0.39, 0.29) is 12.8 Å². The number of carboxylic acids is 2. The highest BCUT2D eigenvalue weighted by Crippen LogP contribution is 2.39. The maximum Gasteiger partial charge on any atom is 0.364 e. The second-order valence-corrected chi connectivity index (χ2v) is 27.7. The number of carboxylic acid groups (broad SMARTS) is 2. The lowest BCUT2D eigenvalue weighted by Crippen LogP contribution is -2.71. The van der Waals surface area contributed by atoms with Crippen LogP contribution in [-0.4, -0.2) is 284 Å². The van der Waals surface area contributed by atoms with Crippen molar-refractivity contribution < 1.29 is 139 Å². The van der Waals surface area contributed by atoms with Gasteiger partial charge >= 0.3 is 11.9 Å². The largest absolute Gasteiger partial charge is 0.477 e. The first-order valence-electron chi connectivity index (χ1n) is 36.4. The molecule has 21 atom stereocenters. The van der Waals surface area contributed by atoms with Gasteiger partial charge in [-0.25, -0.2) is 9.59 Å². The van der Waals surface area contributed by atoms with Crippen LogP contribution in [0, 0.1) is 5.92 Å². The summed E-state index contributed by atoms with van der Waals surface area (Å²) in [5.74, 6) is -13.5. The van der Waals surface area contributed by atoms with Crippen LogP contribution >= 0.6 is 0 Å². The van der Waals surface area contributed by atoms with Crippen molar-refractivity contribution in [2.75, 3.05) is 39.6 Å². The van der Waals surface area contributed by atoms with Gasteiger partial charge in [-0.1, -0.05) is 201 Å². The van der Waals surface area contributed by atoms with Crippen molar-refractivity contribution >= 4 is 29.7 Å². The fraction of sp³-hybridized carbons (Fsp3) is 0.926. The van der Waals surface area contributed by atoms with Crippen LogP contribution in [0.15, 0.2) is 0 Å². The zero-order chi connectivity index (χ0) is 73.7. The molecule has 31 heteroatoms. The number of nitrogens with one attached hydrogen (secondary N) is 3. The van der Waals surface area contributed by atoms with Crippen LogP contribution in [0.25, 0.3) is 0 Å². The molecule has 0 unspecified atom stereocenters. The normalized spacial score (nSPS) is 28.3. The molecule has 0 radical (unpaired) electrons. The Morgan fingerprint density at radius 2 is 0.939 bits per heavy atom. The molecule has 3 heterocycles. The number of carbonyl (C=O) groups is 5. The number of hydrogen-bond donors (Lipinski definition) is 20. The van der Waals surface area contributed by atoms with Gasteiger partial charge in [0, 0.05) is 12.8 Å². The summed E-state index contributed by atoms with van der Waals surface area (Å²) in [6.07, 6.45) is -4.98. The van der Waals surface area contributed by atoms with Crippen molar-refractivity contribution in [3.05, 3.63) is 0 Å². The molecule has 99 heavy (non-hydrogen) atoms. The Labute approximate surface area is 582 Å². The monoisotopic (exact) mass is 1430 g/mol. The summed E-state index contributed by atoms with van der Waals surface area (Å²) in [7, 11) is 0. The van der Waals surface area contributed by atoms with E-state index < -0.39 is 210 Å². The summed E-state index contributed by atoms with van der Waals surface area (Å²) in [4.78, 5) is 65.0. The Bertz CT molecular complexity index is 2230. The van der Waals surface area contributed by atoms with Crippen molar-refractivity contribution in [1.29, 1.82) is 0 Å². The molecule has 3 aliphatic rings. The third-order valence-electron chi connectivity index (χ3n) is 19.0. The molecule has 3 fully saturated rings. The summed E-state index contributed by atoms with van der Waals surface area (Å²) in [5.41, 5.74) is 0. The third kappa shape index (κ3) is 30.6. The van der Waals surface area contributed by atoms with E-state index in [1.807, 2.05) is 0 Å². The van der Waals surface area contributed by atoms with Gasteiger partial charge in [-0.05, 0) is 18.8 Å². The van der Waals surface area contributed by atoms with Crippen molar-refractivity contribution in [2.45, 2.75) is 354 Å². The van der Waals surface area contributed by atoms with Crippen LogP contribution in [0.2, 0.25) is 0 Å². The van der Waals surface area contributed by atoms with E-state index in [4.69, 9.17) is 28.4 Å². The van der Waals surface area contributed by atoms with E-state index >= 15 is 0 Å². The van der Waals surface area contributed by atoms with Gasteiger partial charge in [0.15, 0.2) is 6.29 Å². The van der Waals surface area contributed by atoms with E-state index in [1.165, 1.54) is 96.3 Å². The van der Waals surface area contributed by atoms with Crippen LogP contribution in [0.1, 0.15) is 226 Å². The minimum Gasteiger partial charge on any atom is -0.477 e. The third-order valence-corrected chi connectivity index (χ3v) is 19.0. The Morgan fingerprint density at radius 3 is 1.37 bits per heavy atom. The zero-order valence-electron chi connectivity index (χ0n) is 58.5. The topological polar surface area (TPSA) is 521 Å². The Morgan fingerprint density at radius 1 is 0.515 bits per heavy atom. The SMILES string of the molecule is CCCCCCCCCCCCCCCCCCCC[C@@H](O)C(=O)N[C@@H](CO[C@@H]1O[C@H](CO[C@]2(C(=O)O)C[C@H](O)[C@@H](NC(=O)CO)[C@H]([C@H](O)[C@@H](CO)O[C@]3(C(=O)O)C[C@H](O)[C@@H](NC(=O)CO)[C@H]([C@H](O)[C@H](O)CO)O3)O2)[C@@H](O)[C@H](O)[C@H]1O)[C@H](O)[C@H](O)CCCCCCCCCCCC(C)C. The average Bonchev–Trinajstić information content (AvgIpc) is 0.762. The maximum absolute atomic E-state index is 13.6. The minimum atomic E-state index is -3.31. The molecule has 580 valence electrons. The van der Waals surface area contributed by atoms with E-state index in [2.05, 4.69) is 36.7 Å². The molecular formula is C68H125N3O28. The lowest BCUT2D eigenvalue weighted by atomic mass is 9.87. The standard InChI is InChI=1S/C68H125N3O28/c1-4-5-6-7-8-9-10-11-12-13-14-15-16-17-20-24-27-30-33-45(77)63(89)69-43(55(83)44(76)32-29-26-23-21-18-19-22-25-28-31-42(2)3)40-94-64-60(88)59(87)57(85)50(96-64)41-95-67(65(90)91)34-46(78)54(71-52(82)39-75)62(98-67)58(86)49(37-73)97-68(66(92)93)35-47(79)53(70-51(81)38-74)61(99-68)56(84)48(80)36-72/h42-50,53-62,64,72-80,83-88H,4-41H2,1-3H3,(H,69,89)(H,70,81)(H,71,82)(H,90,91)(H,92,93)/t43-,44+,45+,46-,47-,48+,49+,50+,53+,54+,55-,56+,57+,58+,59-,60+,61+,62+,64+,67+,68+/m0/s1. The van der Waals surface area contributed by atoms with E-state index in [1.54, 1.807) is 0 Å². The summed E-state index contributed by atoms with van der Waals surface area (Å²) >= 11 is 0. The van der Waals surface area contributed by atoms with E-state index in [0.29, 0.717) is 18.8 Å². The molecule has 0 spiro atoms. The first kappa shape index (κ1) is 89.7. The molecule has 0 bridgehead atoms. The smallest absolute Gasteiger partial charge is 0.364 e. The van der Waals surface area contributed by atoms with Gasteiger partial charge < -0.3 is 131 Å². The predicted octanol–water partition coefficient (Wildman–Crippen LogP) is 0.0417. The lowest BCUT2D eigenvalue weighted by Gasteiger charge is -2.50. The van der Waals surface area contributed by atoms with Crippen LogP contribution < -0.4 is 16.0 Å². The number of rotatable bonds is 55. The summed E-state index contributed by atoms with van der Waals surface area (Å²) in [6, 6.07) is -5.35. The van der Waals surface area contributed by atoms with E-state index in [9.17, 15) is 111 Å². The van der Waals surface area contributed by atoms with Gasteiger partial charge in [0.2, 0.25) is 17.7 Å². The second-order valence-electron chi connectivity index (χ2n) is 27.7. The van der Waals surface area contributed by atoms with Crippen LogP contribution in [0.4, 0.5) is 0 Å². The Kier molecular flexibility index (Phi) is 44.0. The van der Waals surface area contributed by atoms with Gasteiger partial charge in [-0.15, -0.1) is 0 Å². The number of ether oxygens (including phenoxy) is 6. The highest BCUT2D eigenvalue weighted by atomic mass is 16.8. The molecule has 0 aromatic carbocycles. The second kappa shape index (κ2) is 48.5. The molecule has 20 N–H and O–H groups in total. The predicted molar refractivity (Wildman–Crippen MR) is 354 cm³/mol. The molecular weight excluding hydrogens is 1310 g/mol. The number of amides is 3. The van der Waals surface area contributed by atoms with Crippen LogP contribution in [0.3, 0.4) is 0 Å². The van der Waals surface area contributed by atoms with Gasteiger partial charge in [0.05, 0.1) is 62.9 Å². The average molecular weight is 1430 g/mol. The maximum atomic E-state index is 13.6. The van der Waals surface area contributed by atoms with Crippen LogP contribution in [-0.2, 0) is 52.4 Å². The number of aliphatic hydroxyl groups is 15. The fourth-order valence-corrected chi connectivity index (χ4v) is 12.9. The van der Waals surface area contributed by atoms with Gasteiger partial charge in [0.25, 0.3) is 11.6 Å². The zero-order valence-corrected chi connectivity index (χ0v) is 58.5. The molecule has 3 amide bonds. The van der Waals surface area contributed by atoms with Crippen molar-refractivity contribution in [2.24, 2.45) is 5.92 Å². The highest BCUT2D eigenvalue weighted by Gasteiger charge is 2.61. The molecule has 0 aromatic heterocycles. The summed E-state index contributed by atoms with van der Waals surface area (Å²) in [5, 5.41) is 191. The number of hydrogen-bond acceptors (Lipinski definition) is 26. The lowest BCUT2D eigenvalue weighted by molar-refractivity contribution is -0.352. The Hall–Kier alpha value is -3.49. The molecule has 3 aliphatic heterocycles. The van der Waals surface area contributed by atoms with Gasteiger partial charge in [0.1, 0.15) is 86.5 Å². The number of unbranched alkanes of at least 4 members (excludes halogenated alkanes) is 25. The van der Waals surface area contributed by atoms with Gasteiger partial charge in [-0.2, -0.15) is 0 Å². The highest BCUT2D eigenvalue weighted by molar-refractivity contribution is 5.81. The molecule has 0 aliphatic carbocycles. The summed E-state index contributed by atoms with van der Waals surface area (Å²) < 4.78 is 34.3. The summed E-state index contributed by atoms with van der Waals surface area (Å²) in [6.45, 7) is -0.444. The molecule has 0 saturated carbocycles. The molecule has 3 saturated heterocycles. The molecule has 0 aromatic rings. The number of aliphatic hydroxyl groups excluding tert-OH is 15. The quantitative estimate of drug-likeness (QED) is 0.0358. The first-order valence-corrected chi connectivity index (χ1v) is 36.4. The number of aliphatic carboxylic acids is 2. The van der Waals surface area contributed by atoms with Crippen molar-refractivity contribution in [3.63, 3.8) is 0 Å². The van der Waals surface area contributed by atoms with Crippen LogP contribution in [0.5, 0.6) is 0 Å². The van der Waals surface area contributed by atoms with E-state index in [0.717, 1.165) is 70.6 Å². The minimum absolute atomic E-state index is 0.0737.